The molecular formula is C18H17NO3. The molecule has 4 heteroatoms. The summed E-state index contributed by atoms with van der Waals surface area (Å²) in [4.78, 5) is 11.6. The topological polar surface area (TPSA) is 40.5 Å². The van der Waals surface area contributed by atoms with Crippen molar-refractivity contribution in [3.8, 4) is 5.75 Å². The van der Waals surface area contributed by atoms with Gasteiger partial charge in [0.25, 0.3) is 0 Å². The Bertz CT molecular complexity index is 820. The molecule has 1 aromatic heterocycles. The molecule has 4 nitrogen and oxygen atoms in total. The number of carbonyl (C=O) groups excluding carboxylic acids is 1. The highest BCUT2D eigenvalue weighted by Gasteiger charge is 2.07. The molecule has 0 amide bonds. The van der Waals surface area contributed by atoms with Gasteiger partial charge >= 0.3 is 5.97 Å². The Balaban J connectivity index is 1.91. The Kier molecular flexibility index (Phi) is 3.83. The highest BCUT2D eigenvalue weighted by atomic mass is 16.5. The monoisotopic (exact) mass is 295 g/mol. The summed E-state index contributed by atoms with van der Waals surface area (Å²) >= 11 is 0. The quantitative estimate of drug-likeness (QED) is 0.692. The zero-order chi connectivity index (χ0) is 15.5. The van der Waals surface area contributed by atoms with Crippen molar-refractivity contribution < 1.29 is 14.3 Å². The predicted octanol–water partition coefficient (Wildman–Crippen LogP) is 3.48. The Morgan fingerprint density at radius 2 is 1.95 bits per heavy atom. The summed E-state index contributed by atoms with van der Waals surface area (Å²) in [6.45, 7) is 0.695. The number of ether oxygens (including phenoxy) is 2. The minimum atomic E-state index is -0.316. The summed E-state index contributed by atoms with van der Waals surface area (Å²) < 4.78 is 12.2. The number of carbonyl (C=O) groups is 1. The minimum absolute atomic E-state index is 0.316. The van der Waals surface area contributed by atoms with E-state index in [-0.39, 0.29) is 5.97 Å². The first kappa shape index (κ1) is 14.2. The molecule has 3 aromatic rings. The van der Waals surface area contributed by atoms with Crippen LogP contribution >= 0.6 is 0 Å². The highest BCUT2D eigenvalue weighted by molar-refractivity contribution is 5.89. The molecule has 0 saturated heterocycles. The van der Waals surface area contributed by atoms with Crippen molar-refractivity contribution >= 4 is 16.9 Å². The molecule has 0 aliphatic rings. The van der Waals surface area contributed by atoms with Crippen LogP contribution in [0.4, 0.5) is 0 Å². The zero-order valence-corrected chi connectivity index (χ0v) is 12.6. The molecule has 0 N–H and O–H groups in total. The normalized spacial score (nSPS) is 10.6. The Morgan fingerprint density at radius 3 is 2.73 bits per heavy atom. The van der Waals surface area contributed by atoms with Crippen LogP contribution in [-0.4, -0.2) is 24.8 Å². The lowest BCUT2D eigenvalue weighted by Crippen LogP contribution is -2.03. The average molecular weight is 295 g/mol. The molecule has 0 bridgehead atoms. The minimum Gasteiger partial charge on any atom is -0.497 e. The Hall–Kier alpha value is -2.75. The van der Waals surface area contributed by atoms with Gasteiger partial charge in [-0.2, -0.15) is 0 Å². The lowest BCUT2D eigenvalue weighted by atomic mass is 10.1. The van der Waals surface area contributed by atoms with Crippen molar-refractivity contribution in [2.24, 2.45) is 0 Å². The number of rotatable bonds is 4. The SMILES string of the molecule is COC(=O)c1cccc(Cn2ccc3cc(OC)ccc32)c1. The van der Waals surface area contributed by atoms with Gasteiger partial charge in [0.05, 0.1) is 19.8 Å². The second-order valence-corrected chi connectivity index (χ2v) is 5.06. The van der Waals surface area contributed by atoms with E-state index >= 15 is 0 Å². The third-order valence-electron chi connectivity index (χ3n) is 3.68. The van der Waals surface area contributed by atoms with Gasteiger partial charge in [-0.05, 0) is 42.0 Å². The molecule has 0 atom stereocenters. The van der Waals surface area contributed by atoms with E-state index in [1.54, 1.807) is 13.2 Å². The predicted molar refractivity (Wildman–Crippen MR) is 85.4 cm³/mol. The van der Waals surface area contributed by atoms with Crippen molar-refractivity contribution in [3.05, 3.63) is 65.9 Å². The number of aromatic nitrogens is 1. The number of hydrogen-bond acceptors (Lipinski definition) is 3. The van der Waals surface area contributed by atoms with E-state index in [0.717, 1.165) is 22.2 Å². The maximum absolute atomic E-state index is 11.6. The number of esters is 1. The molecule has 0 radical (unpaired) electrons. The van der Waals surface area contributed by atoms with Gasteiger partial charge in [-0.1, -0.05) is 12.1 Å². The van der Waals surface area contributed by atoms with E-state index in [4.69, 9.17) is 9.47 Å². The Labute approximate surface area is 128 Å². The largest absolute Gasteiger partial charge is 0.497 e. The smallest absolute Gasteiger partial charge is 0.337 e. The van der Waals surface area contributed by atoms with Gasteiger partial charge in [-0.15, -0.1) is 0 Å². The van der Waals surface area contributed by atoms with Gasteiger partial charge in [0, 0.05) is 23.6 Å². The van der Waals surface area contributed by atoms with Gasteiger partial charge in [0.2, 0.25) is 0 Å². The van der Waals surface area contributed by atoms with E-state index in [2.05, 4.69) is 10.6 Å². The number of methoxy groups -OCH3 is 2. The summed E-state index contributed by atoms with van der Waals surface area (Å²) in [5.74, 6) is 0.530. The van der Waals surface area contributed by atoms with Gasteiger partial charge < -0.3 is 14.0 Å². The second-order valence-electron chi connectivity index (χ2n) is 5.06. The van der Waals surface area contributed by atoms with Gasteiger partial charge in [-0.25, -0.2) is 4.79 Å². The first-order chi connectivity index (χ1) is 10.7. The fourth-order valence-corrected chi connectivity index (χ4v) is 2.55. The maximum atomic E-state index is 11.6. The van der Waals surface area contributed by atoms with Crippen molar-refractivity contribution in [2.45, 2.75) is 6.54 Å². The summed E-state index contributed by atoms with van der Waals surface area (Å²) in [7, 11) is 3.05. The molecule has 0 aliphatic heterocycles. The van der Waals surface area contributed by atoms with Crippen LogP contribution < -0.4 is 4.74 Å². The van der Waals surface area contributed by atoms with E-state index in [1.165, 1.54) is 7.11 Å². The lowest BCUT2D eigenvalue weighted by molar-refractivity contribution is 0.0600. The molecule has 3 rings (SSSR count). The number of fused-ring (bicyclic) bond motifs is 1. The molecule has 22 heavy (non-hydrogen) atoms. The molecule has 0 unspecified atom stereocenters. The van der Waals surface area contributed by atoms with E-state index in [9.17, 15) is 4.79 Å². The molecule has 1 heterocycles. The van der Waals surface area contributed by atoms with Crippen molar-refractivity contribution in [2.75, 3.05) is 14.2 Å². The second kappa shape index (κ2) is 5.93. The lowest BCUT2D eigenvalue weighted by Gasteiger charge is -2.08. The fraction of sp³-hybridized carbons (Fsp3) is 0.167. The Morgan fingerprint density at radius 1 is 1.09 bits per heavy atom. The van der Waals surface area contributed by atoms with Crippen LogP contribution in [0, 0.1) is 0 Å². The summed E-state index contributed by atoms with van der Waals surface area (Å²) in [6.07, 6.45) is 2.04. The molecular weight excluding hydrogens is 278 g/mol. The van der Waals surface area contributed by atoms with Crippen LogP contribution in [0.5, 0.6) is 5.75 Å². The standard InChI is InChI=1S/C18H17NO3/c1-21-16-6-7-17-14(11-16)8-9-19(17)12-13-4-3-5-15(10-13)18(20)22-2/h3-11H,12H2,1-2H3. The molecule has 0 saturated carbocycles. The third-order valence-corrected chi connectivity index (χ3v) is 3.68. The van der Waals surface area contributed by atoms with Crippen LogP contribution in [0.2, 0.25) is 0 Å². The summed E-state index contributed by atoms with van der Waals surface area (Å²) in [6, 6.07) is 15.5. The zero-order valence-electron chi connectivity index (χ0n) is 12.6. The van der Waals surface area contributed by atoms with Crippen LogP contribution in [-0.2, 0) is 11.3 Å². The van der Waals surface area contributed by atoms with Crippen LogP contribution in [0.15, 0.2) is 54.7 Å². The van der Waals surface area contributed by atoms with Crippen molar-refractivity contribution in [3.63, 3.8) is 0 Å². The van der Waals surface area contributed by atoms with E-state index in [1.807, 2.05) is 42.6 Å². The van der Waals surface area contributed by atoms with Gasteiger partial charge in [0.1, 0.15) is 5.75 Å². The van der Waals surface area contributed by atoms with Crippen LogP contribution in [0.1, 0.15) is 15.9 Å². The fourth-order valence-electron chi connectivity index (χ4n) is 2.55. The van der Waals surface area contributed by atoms with Gasteiger partial charge in [0.15, 0.2) is 0 Å². The molecule has 2 aromatic carbocycles. The first-order valence-electron chi connectivity index (χ1n) is 7.01. The van der Waals surface area contributed by atoms with Crippen LogP contribution in [0.3, 0.4) is 0 Å². The highest BCUT2D eigenvalue weighted by Crippen LogP contribution is 2.22. The van der Waals surface area contributed by atoms with E-state index < -0.39 is 0 Å². The molecule has 112 valence electrons. The number of benzene rings is 2. The van der Waals surface area contributed by atoms with Crippen LogP contribution in [0.25, 0.3) is 10.9 Å². The summed E-state index contributed by atoms with van der Waals surface area (Å²) in [5, 5.41) is 1.13. The first-order valence-corrected chi connectivity index (χ1v) is 7.01. The number of hydrogen-bond donors (Lipinski definition) is 0. The van der Waals surface area contributed by atoms with E-state index in [0.29, 0.717) is 12.1 Å². The third kappa shape index (κ3) is 2.68. The summed E-state index contributed by atoms with van der Waals surface area (Å²) in [5.41, 5.74) is 2.75. The van der Waals surface area contributed by atoms with Crippen molar-refractivity contribution in [1.29, 1.82) is 0 Å². The molecule has 0 fully saturated rings. The van der Waals surface area contributed by atoms with Gasteiger partial charge in [-0.3, -0.25) is 0 Å². The van der Waals surface area contributed by atoms with Crippen molar-refractivity contribution in [1.82, 2.24) is 4.57 Å². The molecule has 0 aliphatic carbocycles. The maximum Gasteiger partial charge on any atom is 0.337 e. The number of nitrogens with zero attached hydrogens (tertiary/aromatic N) is 1. The molecule has 0 spiro atoms. The average Bonchev–Trinajstić information content (AvgIpc) is 2.96.